The summed E-state index contributed by atoms with van der Waals surface area (Å²) in [5, 5.41) is 3.53. The van der Waals surface area contributed by atoms with Crippen molar-refractivity contribution >= 4 is 17.0 Å². The van der Waals surface area contributed by atoms with Crippen LogP contribution >= 0.6 is 0 Å². The molecule has 2 atom stereocenters. The van der Waals surface area contributed by atoms with Gasteiger partial charge in [0, 0.05) is 25.5 Å². The van der Waals surface area contributed by atoms with E-state index in [0.29, 0.717) is 47.5 Å². The fourth-order valence-electron chi connectivity index (χ4n) is 4.43. The van der Waals surface area contributed by atoms with Gasteiger partial charge in [-0.3, -0.25) is 0 Å². The van der Waals surface area contributed by atoms with Gasteiger partial charge in [-0.1, -0.05) is 19.9 Å². The number of nitrogens with zero attached hydrogens (tertiary/aromatic N) is 5. The average Bonchev–Trinajstić information content (AvgIpc) is 2.77. The van der Waals surface area contributed by atoms with Gasteiger partial charge in [0.1, 0.15) is 12.0 Å². The molecule has 1 aromatic carbocycles. The van der Waals surface area contributed by atoms with Crippen LogP contribution in [0.2, 0.25) is 0 Å². The molecular formula is C22H29N7O2. The minimum Gasteiger partial charge on any atom is -0.493 e. The molecule has 3 aromatic rings. The van der Waals surface area contributed by atoms with Gasteiger partial charge in [0.2, 0.25) is 0 Å². The number of methoxy groups -OCH3 is 2. The molecule has 0 amide bonds. The second-order valence-electron chi connectivity index (χ2n) is 8.26. The SMILES string of the molecule is COc1ccc(C2CNCC(N)(CC(C)C)N2c2ncnc3nccnc23)cc1OC. The highest BCUT2D eigenvalue weighted by Gasteiger charge is 2.43. The van der Waals surface area contributed by atoms with E-state index in [-0.39, 0.29) is 6.04 Å². The molecule has 0 radical (unpaired) electrons. The predicted molar refractivity (Wildman–Crippen MR) is 119 cm³/mol. The molecule has 164 valence electrons. The zero-order valence-corrected chi connectivity index (χ0v) is 18.4. The number of anilines is 1. The molecule has 1 aliphatic rings. The molecule has 1 saturated heterocycles. The first-order valence-corrected chi connectivity index (χ1v) is 10.4. The minimum absolute atomic E-state index is 0.0996. The van der Waals surface area contributed by atoms with Gasteiger partial charge in [-0.2, -0.15) is 0 Å². The molecule has 3 N–H and O–H groups in total. The maximum absolute atomic E-state index is 7.08. The summed E-state index contributed by atoms with van der Waals surface area (Å²) in [4.78, 5) is 20.0. The van der Waals surface area contributed by atoms with E-state index in [4.69, 9.17) is 15.2 Å². The van der Waals surface area contributed by atoms with Gasteiger partial charge in [-0.05, 0) is 30.0 Å². The van der Waals surface area contributed by atoms with Crippen LogP contribution in [0.4, 0.5) is 5.82 Å². The lowest BCUT2D eigenvalue weighted by Gasteiger charge is -2.51. The van der Waals surface area contributed by atoms with E-state index in [2.05, 4.69) is 44.0 Å². The third kappa shape index (κ3) is 3.98. The lowest BCUT2D eigenvalue weighted by Crippen LogP contribution is -2.68. The molecule has 0 saturated carbocycles. The molecule has 2 unspecified atom stereocenters. The van der Waals surface area contributed by atoms with E-state index in [1.807, 2.05) is 18.2 Å². The van der Waals surface area contributed by atoms with E-state index >= 15 is 0 Å². The number of fused-ring (bicyclic) bond motifs is 1. The van der Waals surface area contributed by atoms with E-state index in [1.54, 1.807) is 26.6 Å². The maximum Gasteiger partial charge on any atom is 0.183 e. The van der Waals surface area contributed by atoms with Crippen LogP contribution in [0, 0.1) is 5.92 Å². The molecule has 4 rings (SSSR count). The van der Waals surface area contributed by atoms with Crippen molar-refractivity contribution in [2.45, 2.75) is 32.0 Å². The van der Waals surface area contributed by atoms with Gasteiger partial charge in [-0.25, -0.2) is 19.9 Å². The van der Waals surface area contributed by atoms with Crippen LogP contribution in [0.25, 0.3) is 11.2 Å². The van der Waals surface area contributed by atoms with Gasteiger partial charge >= 0.3 is 0 Å². The summed E-state index contributed by atoms with van der Waals surface area (Å²) in [5.74, 6) is 2.42. The van der Waals surface area contributed by atoms with Crippen molar-refractivity contribution in [3.8, 4) is 11.5 Å². The first-order chi connectivity index (χ1) is 15.0. The van der Waals surface area contributed by atoms with Crippen molar-refractivity contribution in [3.05, 3.63) is 42.5 Å². The quantitative estimate of drug-likeness (QED) is 0.617. The highest BCUT2D eigenvalue weighted by molar-refractivity contribution is 5.83. The standard InChI is InChI=1S/C22H29N7O2/c1-14(2)10-22(23)12-24-11-16(15-5-6-17(30-3)18(9-15)31-4)29(22)21-19-20(27-13-28-21)26-8-7-25-19/h5-9,13-14,16,24H,10-12,23H2,1-4H3. The molecular weight excluding hydrogens is 394 g/mol. The predicted octanol–water partition coefficient (Wildman–Crippen LogP) is 2.29. The summed E-state index contributed by atoms with van der Waals surface area (Å²) in [5.41, 5.74) is 8.62. The van der Waals surface area contributed by atoms with Gasteiger partial charge in [-0.15, -0.1) is 0 Å². The molecule has 3 heterocycles. The van der Waals surface area contributed by atoms with Crippen LogP contribution in [0.1, 0.15) is 31.9 Å². The summed E-state index contributed by atoms with van der Waals surface area (Å²) < 4.78 is 11.0. The zero-order chi connectivity index (χ0) is 22.0. The Hall–Kier alpha value is -3.04. The molecule has 9 nitrogen and oxygen atoms in total. The van der Waals surface area contributed by atoms with Crippen LogP contribution in [-0.2, 0) is 0 Å². The second kappa shape index (κ2) is 8.60. The van der Waals surface area contributed by atoms with Gasteiger partial charge in [0.05, 0.1) is 20.3 Å². The molecule has 1 fully saturated rings. The first kappa shape index (κ1) is 21.2. The number of piperazine rings is 1. The monoisotopic (exact) mass is 423 g/mol. The molecule has 2 aromatic heterocycles. The van der Waals surface area contributed by atoms with Gasteiger partial charge in [0.25, 0.3) is 0 Å². The molecule has 9 heteroatoms. The van der Waals surface area contributed by atoms with E-state index in [9.17, 15) is 0 Å². The maximum atomic E-state index is 7.08. The summed E-state index contributed by atoms with van der Waals surface area (Å²) in [6.45, 7) is 5.66. The number of ether oxygens (including phenoxy) is 2. The smallest absolute Gasteiger partial charge is 0.183 e. The van der Waals surface area contributed by atoms with Crippen molar-refractivity contribution in [2.24, 2.45) is 11.7 Å². The summed E-state index contributed by atoms with van der Waals surface area (Å²) in [7, 11) is 3.27. The number of benzene rings is 1. The largest absolute Gasteiger partial charge is 0.493 e. The normalized spacial score (nSPS) is 21.5. The van der Waals surface area contributed by atoms with Crippen molar-refractivity contribution in [2.75, 3.05) is 32.2 Å². The number of nitrogens with one attached hydrogen (secondary N) is 1. The Bertz CT molecular complexity index is 1060. The van der Waals surface area contributed by atoms with Crippen molar-refractivity contribution in [1.29, 1.82) is 0 Å². The Labute approximate surface area is 182 Å². The summed E-state index contributed by atoms with van der Waals surface area (Å²) >= 11 is 0. The molecule has 31 heavy (non-hydrogen) atoms. The van der Waals surface area contributed by atoms with Crippen LogP contribution < -0.4 is 25.4 Å². The summed E-state index contributed by atoms with van der Waals surface area (Å²) in [6, 6.07) is 5.85. The number of hydrogen-bond acceptors (Lipinski definition) is 9. The lowest BCUT2D eigenvalue weighted by molar-refractivity contribution is 0.246. The fourth-order valence-corrected chi connectivity index (χ4v) is 4.43. The zero-order valence-electron chi connectivity index (χ0n) is 18.4. The second-order valence-corrected chi connectivity index (χ2v) is 8.26. The average molecular weight is 424 g/mol. The van der Waals surface area contributed by atoms with Crippen molar-refractivity contribution < 1.29 is 9.47 Å². The Morgan fingerprint density at radius 2 is 1.90 bits per heavy atom. The third-order valence-corrected chi connectivity index (χ3v) is 5.59. The third-order valence-electron chi connectivity index (χ3n) is 5.59. The summed E-state index contributed by atoms with van der Waals surface area (Å²) in [6.07, 6.45) is 5.58. The van der Waals surface area contributed by atoms with Crippen LogP contribution in [0.15, 0.2) is 36.9 Å². The van der Waals surface area contributed by atoms with E-state index in [1.165, 1.54) is 6.33 Å². The van der Waals surface area contributed by atoms with Gasteiger partial charge in [0.15, 0.2) is 28.5 Å². The number of rotatable bonds is 6. The molecule has 0 bridgehead atoms. The Balaban J connectivity index is 1.89. The number of hydrogen-bond donors (Lipinski definition) is 2. The molecule has 0 aliphatic carbocycles. The highest BCUT2D eigenvalue weighted by atomic mass is 16.5. The molecule has 1 aliphatic heterocycles. The van der Waals surface area contributed by atoms with Crippen LogP contribution in [-0.4, -0.2) is 52.9 Å². The van der Waals surface area contributed by atoms with E-state index in [0.717, 1.165) is 12.0 Å². The highest BCUT2D eigenvalue weighted by Crippen LogP contribution is 2.40. The lowest BCUT2D eigenvalue weighted by atomic mass is 9.89. The van der Waals surface area contributed by atoms with Crippen molar-refractivity contribution in [1.82, 2.24) is 25.3 Å². The topological polar surface area (TPSA) is 111 Å². The van der Waals surface area contributed by atoms with Crippen LogP contribution in [0.5, 0.6) is 11.5 Å². The Kier molecular flexibility index (Phi) is 5.88. The Morgan fingerprint density at radius 1 is 1.13 bits per heavy atom. The number of aromatic nitrogens is 4. The fraction of sp³-hybridized carbons (Fsp3) is 0.455. The number of nitrogens with two attached hydrogens (primary N) is 1. The van der Waals surface area contributed by atoms with E-state index < -0.39 is 5.66 Å². The van der Waals surface area contributed by atoms with Gasteiger partial charge < -0.3 is 25.4 Å². The minimum atomic E-state index is -0.678. The first-order valence-electron chi connectivity index (χ1n) is 10.4. The Morgan fingerprint density at radius 3 is 2.65 bits per heavy atom. The van der Waals surface area contributed by atoms with Crippen LogP contribution in [0.3, 0.4) is 0 Å². The molecule has 0 spiro atoms. The van der Waals surface area contributed by atoms with Crippen molar-refractivity contribution in [3.63, 3.8) is 0 Å².